The monoisotopic (exact) mass is 353 g/mol. The van der Waals surface area contributed by atoms with Crippen LogP contribution in [0.5, 0.6) is 0 Å². The van der Waals surface area contributed by atoms with E-state index in [4.69, 9.17) is 4.84 Å². The number of thioether (sulfide) groups is 1. The molecule has 1 unspecified atom stereocenters. The highest BCUT2D eigenvalue weighted by molar-refractivity contribution is 7.99. The number of alkyl halides is 3. The van der Waals surface area contributed by atoms with E-state index in [0.717, 1.165) is 17.8 Å². The van der Waals surface area contributed by atoms with Crippen LogP contribution < -0.4 is 5.48 Å². The van der Waals surface area contributed by atoms with Gasteiger partial charge in [0.15, 0.2) is 5.84 Å². The van der Waals surface area contributed by atoms with E-state index in [-0.39, 0.29) is 6.10 Å². The van der Waals surface area contributed by atoms with E-state index < -0.39 is 11.7 Å². The molecule has 3 rings (SSSR count). The second-order valence-corrected chi connectivity index (χ2v) is 6.13. The number of hydroxylamine groups is 1. The standard InChI is InChI=1S/C16H14F3N3OS/c17-16(18,19)12-6-7-14(20-8-12)24-10-13-9-21-15(22-23-13)11-4-2-1-3-5-11/h1-8,13H,9-10H2,(H,21,22). The van der Waals surface area contributed by atoms with E-state index in [1.807, 2.05) is 30.3 Å². The second-order valence-electron chi connectivity index (χ2n) is 5.09. The Morgan fingerprint density at radius 2 is 1.96 bits per heavy atom. The Morgan fingerprint density at radius 3 is 2.54 bits per heavy atom. The molecule has 2 heterocycles. The molecule has 0 aliphatic carbocycles. The summed E-state index contributed by atoms with van der Waals surface area (Å²) in [6, 6.07) is 12.0. The fourth-order valence-electron chi connectivity index (χ4n) is 2.05. The van der Waals surface area contributed by atoms with Gasteiger partial charge in [0.05, 0.1) is 17.1 Å². The molecule has 1 aromatic heterocycles. The van der Waals surface area contributed by atoms with Crippen LogP contribution in [0.15, 0.2) is 58.7 Å². The third-order valence-corrected chi connectivity index (χ3v) is 4.38. The van der Waals surface area contributed by atoms with E-state index in [1.165, 1.54) is 17.8 Å². The minimum atomic E-state index is -4.37. The van der Waals surface area contributed by atoms with Crippen molar-refractivity contribution >= 4 is 17.6 Å². The van der Waals surface area contributed by atoms with Crippen LogP contribution in [-0.4, -0.2) is 29.2 Å². The Morgan fingerprint density at radius 1 is 1.17 bits per heavy atom. The van der Waals surface area contributed by atoms with Crippen molar-refractivity contribution < 1.29 is 18.0 Å². The summed E-state index contributed by atoms with van der Waals surface area (Å²) in [5.74, 6) is 1.21. The molecule has 0 bridgehead atoms. The number of nitrogens with zero attached hydrogens (tertiary/aromatic N) is 2. The quantitative estimate of drug-likeness (QED) is 0.854. The first-order valence-electron chi connectivity index (χ1n) is 7.20. The molecule has 2 aromatic rings. The molecule has 1 aliphatic rings. The highest BCUT2D eigenvalue weighted by Crippen LogP contribution is 2.29. The topological polar surface area (TPSA) is 46.5 Å². The van der Waals surface area contributed by atoms with Crippen molar-refractivity contribution in [1.82, 2.24) is 10.5 Å². The van der Waals surface area contributed by atoms with Crippen molar-refractivity contribution in [2.45, 2.75) is 17.3 Å². The molecular formula is C16H14F3N3OS. The summed E-state index contributed by atoms with van der Waals surface area (Å²) in [6.07, 6.45) is -3.70. The molecule has 0 amide bonds. The van der Waals surface area contributed by atoms with E-state index in [1.54, 1.807) is 0 Å². The molecule has 0 saturated carbocycles. The smallest absolute Gasteiger partial charge is 0.269 e. The maximum Gasteiger partial charge on any atom is 0.417 e. The number of benzene rings is 1. The van der Waals surface area contributed by atoms with Crippen LogP contribution in [0.25, 0.3) is 0 Å². The number of aromatic nitrogens is 1. The molecule has 8 heteroatoms. The Kier molecular flexibility index (Phi) is 5.06. The van der Waals surface area contributed by atoms with Gasteiger partial charge in [0.25, 0.3) is 0 Å². The van der Waals surface area contributed by atoms with Gasteiger partial charge >= 0.3 is 6.18 Å². The van der Waals surface area contributed by atoms with Crippen LogP contribution >= 0.6 is 11.8 Å². The molecule has 4 nitrogen and oxygen atoms in total. The first-order chi connectivity index (χ1) is 11.5. The number of hydrogen-bond acceptors (Lipinski definition) is 5. The average Bonchev–Trinajstić information content (AvgIpc) is 2.61. The van der Waals surface area contributed by atoms with E-state index >= 15 is 0 Å². The van der Waals surface area contributed by atoms with E-state index in [2.05, 4.69) is 15.5 Å². The second kappa shape index (κ2) is 7.23. The fourth-order valence-corrected chi connectivity index (χ4v) is 2.87. The molecule has 0 spiro atoms. The predicted octanol–water partition coefficient (Wildman–Crippen LogP) is 3.54. The normalized spacial score (nSPS) is 18.0. The summed E-state index contributed by atoms with van der Waals surface area (Å²) < 4.78 is 37.4. The van der Waals surface area contributed by atoms with E-state index in [9.17, 15) is 13.2 Å². The first-order valence-corrected chi connectivity index (χ1v) is 8.18. The number of halogens is 3. The largest absolute Gasteiger partial charge is 0.417 e. The van der Waals surface area contributed by atoms with Gasteiger partial charge in [-0.3, -0.25) is 9.83 Å². The number of rotatable bonds is 4. The fraction of sp³-hybridized carbons (Fsp3) is 0.250. The van der Waals surface area contributed by atoms with Crippen molar-refractivity contribution in [3.63, 3.8) is 0 Å². The highest BCUT2D eigenvalue weighted by atomic mass is 32.2. The van der Waals surface area contributed by atoms with Crippen molar-refractivity contribution in [1.29, 1.82) is 0 Å². The maximum absolute atomic E-state index is 12.5. The zero-order chi connectivity index (χ0) is 17.0. The summed E-state index contributed by atoms with van der Waals surface area (Å²) >= 11 is 1.33. The molecule has 1 aromatic carbocycles. The molecule has 0 radical (unpaired) electrons. The predicted molar refractivity (Wildman–Crippen MR) is 85.8 cm³/mol. The first kappa shape index (κ1) is 16.8. The number of pyridine rings is 1. The van der Waals surface area contributed by atoms with Crippen molar-refractivity contribution in [2.75, 3.05) is 12.3 Å². The molecule has 126 valence electrons. The van der Waals surface area contributed by atoms with Crippen molar-refractivity contribution in [3.05, 3.63) is 59.8 Å². The lowest BCUT2D eigenvalue weighted by Gasteiger charge is -2.22. The number of nitrogens with one attached hydrogen (secondary N) is 1. The third-order valence-electron chi connectivity index (χ3n) is 3.30. The summed E-state index contributed by atoms with van der Waals surface area (Å²) in [4.78, 5) is 13.8. The average molecular weight is 353 g/mol. The summed E-state index contributed by atoms with van der Waals surface area (Å²) in [6.45, 7) is 0.477. The van der Waals surface area contributed by atoms with Crippen LogP contribution in [0, 0.1) is 0 Å². The van der Waals surface area contributed by atoms with Crippen LogP contribution in [0.2, 0.25) is 0 Å². The van der Waals surface area contributed by atoms with Gasteiger partial charge in [-0.15, -0.1) is 11.8 Å². The van der Waals surface area contributed by atoms with Crippen LogP contribution in [0.1, 0.15) is 11.1 Å². The summed E-state index contributed by atoms with van der Waals surface area (Å²) in [7, 11) is 0. The zero-order valence-electron chi connectivity index (χ0n) is 12.5. The van der Waals surface area contributed by atoms with Crippen LogP contribution in [-0.2, 0) is 11.0 Å². The Balaban J connectivity index is 1.53. The van der Waals surface area contributed by atoms with Gasteiger partial charge in [-0.25, -0.2) is 10.5 Å². The maximum atomic E-state index is 12.5. The molecule has 24 heavy (non-hydrogen) atoms. The van der Waals surface area contributed by atoms with Crippen LogP contribution in [0.4, 0.5) is 13.2 Å². The van der Waals surface area contributed by atoms with Crippen molar-refractivity contribution in [2.24, 2.45) is 4.99 Å². The lowest BCUT2D eigenvalue weighted by atomic mass is 10.2. The summed E-state index contributed by atoms with van der Waals surface area (Å²) in [5.41, 5.74) is 3.01. The van der Waals surface area contributed by atoms with Gasteiger partial charge in [0.1, 0.15) is 6.10 Å². The van der Waals surface area contributed by atoms with Gasteiger partial charge < -0.3 is 0 Å². The Bertz CT molecular complexity index is 705. The lowest BCUT2D eigenvalue weighted by molar-refractivity contribution is -0.137. The van der Waals surface area contributed by atoms with E-state index in [0.29, 0.717) is 23.2 Å². The SMILES string of the molecule is FC(F)(F)c1ccc(SCC2CN=C(c3ccccc3)NO2)nc1. The van der Waals surface area contributed by atoms with Gasteiger partial charge in [0.2, 0.25) is 0 Å². The molecule has 0 saturated heterocycles. The zero-order valence-corrected chi connectivity index (χ0v) is 13.3. The number of hydrogen-bond donors (Lipinski definition) is 1. The third kappa shape index (κ3) is 4.27. The highest BCUT2D eigenvalue weighted by Gasteiger charge is 2.30. The minimum Gasteiger partial charge on any atom is -0.269 e. The van der Waals surface area contributed by atoms with Crippen LogP contribution in [0.3, 0.4) is 0 Å². The van der Waals surface area contributed by atoms with Gasteiger partial charge in [-0.1, -0.05) is 30.3 Å². The summed E-state index contributed by atoms with van der Waals surface area (Å²) in [5, 5.41) is 0.518. The Labute approximate surface area is 141 Å². The van der Waals surface area contributed by atoms with Gasteiger partial charge in [-0.2, -0.15) is 13.2 Å². The van der Waals surface area contributed by atoms with Gasteiger partial charge in [0, 0.05) is 17.5 Å². The molecule has 1 N–H and O–H groups in total. The lowest BCUT2D eigenvalue weighted by Crippen LogP contribution is -2.38. The minimum absolute atomic E-state index is 0.174. The molecule has 1 aliphatic heterocycles. The molecule has 1 atom stereocenters. The van der Waals surface area contributed by atoms with Crippen molar-refractivity contribution in [3.8, 4) is 0 Å². The molecule has 0 fully saturated rings. The number of amidine groups is 1. The number of aliphatic imine (C=N–C) groups is 1. The molecular weight excluding hydrogens is 339 g/mol. The Hall–Kier alpha value is -2.06. The van der Waals surface area contributed by atoms with Gasteiger partial charge in [-0.05, 0) is 12.1 Å².